The molecule has 0 aromatic carbocycles. The van der Waals surface area contributed by atoms with Crippen LogP contribution in [0.2, 0.25) is 0 Å². The third kappa shape index (κ3) is 4.16. The van der Waals surface area contributed by atoms with Crippen molar-refractivity contribution in [1.29, 1.82) is 0 Å². The van der Waals surface area contributed by atoms with Crippen LogP contribution in [0.1, 0.15) is 23.2 Å². The molecule has 0 unspecified atom stereocenters. The van der Waals surface area contributed by atoms with Gasteiger partial charge >= 0.3 is 0 Å². The summed E-state index contributed by atoms with van der Waals surface area (Å²) in [5, 5.41) is 6.13. The summed E-state index contributed by atoms with van der Waals surface area (Å²) in [5.74, 6) is 0.274. The summed E-state index contributed by atoms with van der Waals surface area (Å²) >= 11 is 0. The van der Waals surface area contributed by atoms with E-state index in [1.165, 1.54) is 7.11 Å². The number of hydrogen-bond donors (Lipinski definition) is 1. The number of ether oxygens (including phenoxy) is 1. The predicted octanol–water partition coefficient (Wildman–Crippen LogP) is -0.440. The lowest BCUT2D eigenvalue weighted by Gasteiger charge is -2.35. The molecule has 0 bridgehead atoms. The van der Waals surface area contributed by atoms with E-state index < -0.39 is 0 Å². The number of carbonyl (C=O) groups excluding carboxylic acids is 2. The number of carbonyl (C=O) groups is 2. The number of likely N-dealkylation sites (tertiary alicyclic amines) is 1. The molecular formula is C17H28N6O3. The molecule has 1 aromatic rings. The molecule has 2 aliphatic rings. The average molecular weight is 364 g/mol. The SMILES string of the molecule is COc1nn(C)cc1C(=O)N1CCC(C(=O)NN2CCN(C)CC2)CC1. The van der Waals surface area contributed by atoms with Gasteiger partial charge in [0.05, 0.1) is 7.11 Å². The zero-order valence-corrected chi connectivity index (χ0v) is 15.8. The number of nitrogens with one attached hydrogen (secondary N) is 1. The van der Waals surface area contributed by atoms with Crippen molar-refractivity contribution < 1.29 is 14.3 Å². The molecule has 2 amide bonds. The highest BCUT2D eigenvalue weighted by molar-refractivity contribution is 5.96. The summed E-state index contributed by atoms with van der Waals surface area (Å²) in [4.78, 5) is 29.2. The molecular weight excluding hydrogens is 336 g/mol. The highest BCUT2D eigenvalue weighted by Gasteiger charge is 2.30. The summed E-state index contributed by atoms with van der Waals surface area (Å²) in [6.07, 6.45) is 3.02. The summed E-state index contributed by atoms with van der Waals surface area (Å²) in [5.41, 5.74) is 3.51. The Morgan fingerprint density at radius 3 is 2.38 bits per heavy atom. The molecule has 1 aromatic heterocycles. The summed E-state index contributed by atoms with van der Waals surface area (Å²) in [7, 11) is 5.35. The monoisotopic (exact) mass is 364 g/mol. The lowest BCUT2D eigenvalue weighted by molar-refractivity contribution is -0.132. The van der Waals surface area contributed by atoms with Crippen LogP contribution in [0.3, 0.4) is 0 Å². The first kappa shape index (κ1) is 18.7. The van der Waals surface area contributed by atoms with Crippen molar-refractivity contribution in [3.63, 3.8) is 0 Å². The van der Waals surface area contributed by atoms with E-state index in [1.54, 1.807) is 22.8 Å². The number of aryl methyl sites for hydroxylation is 1. The predicted molar refractivity (Wildman–Crippen MR) is 95.6 cm³/mol. The molecule has 0 atom stereocenters. The second kappa shape index (κ2) is 8.05. The molecule has 0 aliphatic carbocycles. The maximum absolute atomic E-state index is 12.7. The number of hydrogen-bond acceptors (Lipinski definition) is 6. The van der Waals surface area contributed by atoms with Crippen molar-refractivity contribution in [2.24, 2.45) is 13.0 Å². The molecule has 2 saturated heterocycles. The minimum atomic E-state index is -0.0899. The van der Waals surface area contributed by atoms with E-state index in [4.69, 9.17) is 4.74 Å². The summed E-state index contributed by atoms with van der Waals surface area (Å²) in [6, 6.07) is 0. The number of piperidine rings is 1. The molecule has 1 N–H and O–H groups in total. The number of nitrogens with zero attached hydrogens (tertiary/aromatic N) is 5. The van der Waals surface area contributed by atoms with E-state index in [1.807, 2.05) is 5.01 Å². The highest BCUT2D eigenvalue weighted by atomic mass is 16.5. The summed E-state index contributed by atoms with van der Waals surface area (Å²) < 4.78 is 6.75. The van der Waals surface area contributed by atoms with E-state index in [9.17, 15) is 9.59 Å². The molecule has 3 rings (SSSR count). The lowest BCUT2D eigenvalue weighted by Crippen LogP contribution is -2.54. The van der Waals surface area contributed by atoms with E-state index in [-0.39, 0.29) is 17.7 Å². The van der Waals surface area contributed by atoms with Crippen LogP contribution >= 0.6 is 0 Å². The van der Waals surface area contributed by atoms with E-state index >= 15 is 0 Å². The first-order valence-corrected chi connectivity index (χ1v) is 9.09. The van der Waals surface area contributed by atoms with Gasteiger partial charge in [-0.15, -0.1) is 5.10 Å². The van der Waals surface area contributed by atoms with Crippen molar-refractivity contribution in [2.75, 3.05) is 53.4 Å². The van der Waals surface area contributed by atoms with E-state index in [0.29, 0.717) is 37.4 Å². The van der Waals surface area contributed by atoms with Gasteiger partial charge in [0.2, 0.25) is 11.8 Å². The van der Waals surface area contributed by atoms with Crippen LogP contribution in [-0.4, -0.2) is 89.8 Å². The summed E-state index contributed by atoms with van der Waals surface area (Å²) in [6.45, 7) is 4.75. The van der Waals surface area contributed by atoms with Crippen molar-refractivity contribution in [1.82, 2.24) is 30.0 Å². The van der Waals surface area contributed by atoms with Crippen LogP contribution in [0.25, 0.3) is 0 Å². The second-order valence-corrected chi connectivity index (χ2v) is 7.06. The standard InChI is InChI=1S/C17H28N6O3/c1-20-8-10-23(11-9-20)18-15(24)13-4-6-22(7-5-13)17(25)14-12-21(2)19-16(14)26-3/h12-13H,4-11H2,1-3H3,(H,18,24). The van der Waals surface area contributed by atoms with Gasteiger partial charge in [-0.2, -0.15) is 0 Å². The number of methoxy groups -OCH3 is 1. The average Bonchev–Trinajstić information content (AvgIpc) is 3.04. The molecule has 0 spiro atoms. The number of likely N-dealkylation sites (N-methyl/N-ethyl adjacent to an activating group) is 1. The van der Waals surface area contributed by atoms with Crippen molar-refractivity contribution in [2.45, 2.75) is 12.8 Å². The zero-order valence-electron chi connectivity index (χ0n) is 15.8. The quantitative estimate of drug-likeness (QED) is 0.780. The third-order valence-electron chi connectivity index (χ3n) is 5.14. The smallest absolute Gasteiger partial charge is 0.260 e. The maximum Gasteiger partial charge on any atom is 0.260 e. The Morgan fingerprint density at radius 1 is 1.12 bits per heavy atom. The zero-order chi connectivity index (χ0) is 18.7. The Kier molecular flexibility index (Phi) is 5.77. The fourth-order valence-corrected chi connectivity index (χ4v) is 3.45. The highest BCUT2D eigenvalue weighted by Crippen LogP contribution is 2.23. The van der Waals surface area contributed by atoms with Crippen molar-refractivity contribution in [3.8, 4) is 5.88 Å². The Morgan fingerprint density at radius 2 is 1.77 bits per heavy atom. The van der Waals surface area contributed by atoms with Crippen LogP contribution in [0.5, 0.6) is 5.88 Å². The molecule has 2 aliphatic heterocycles. The Bertz CT molecular complexity index is 645. The van der Waals surface area contributed by atoms with Gasteiger partial charge < -0.3 is 14.5 Å². The topological polar surface area (TPSA) is 82.9 Å². The van der Waals surface area contributed by atoms with Crippen LogP contribution in [-0.2, 0) is 11.8 Å². The van der Waals surface area contributed by atoms with E-state index in [2.05, 4.69) is 22.5 Å². The third-order valence-corrected chi connectivity index (χ3v) is 5.14. The first-order valence-electron chi connectivity index (χ1n) is 9.09. The van der Waals surface area contributed by atoms with Gasteiger partial charge in [0.1, 0.15) is 5.56 Å². The van der Waals surface area contributed by atoms with Crippen LogP contribution in [0.15, 0.2) is 6.20 Å². The largest absolute Gasteiger partial charge is 0.479 e. The molecule has 2 fully saturated rings. The number of aromatic nitrogens is 2. The van der Waals surface area contributed by atoms with Gasteiger partial charge in [-0.1, -0.05) is 0 Å². The number of hydrazine groups is 1. The minimum absolute atomic E-state index is 0.0468. The number of rotatable bonds is 4. The molecule has 3 heterocycles. The van der Waals surface area contributed by atoms with Crippen LogP contribution in [0.4, 0.5) is 0 Å². The van der Waals surface area contributed by atoms with E-state index in [0.717, 1.165) is 26.2 Å². The van der Waals surface area contributed by atoms with Gasteiger partial charge in [-0.25, -0.2) is 5.01 Å². The molecule has 9 heteroatoms. The fraction of sp³-hybridized carbons (Fsp3) is 0.706. The van der Waals surface area contributed by atoms with Gasteiger partial charge in [-0.3, -0.25) is 19.7 Å². The van der Waals surface area contributed by atoms with Crippen LogP contribution < -0.4 is 10.2 Å². The van der Waals surface area contributed by atoms with Crippen molar-refractivity contribution in [3.05, 3.63) is 11.8 Å². The molecule has 26 heavy (non-hydrogen) atoms. The molecule has 0 radical (unpaired) electrons. The fourth-order valence-electron chi connectivity index (χ4n) is 3.45. The molecule has 144 valence electrons. The number of piperazine rings is 1. The maximum atomic E-state index is 12.7. The molecule has 0 saturated carbocycles. The first-order chi connectivity index (χ1) is 12.5. The molecule has 9 nitrogen and oxygen atoms in total. The lowest BCUT2D eigenvalue weighted by atomic mass is 9.96. The Balaban J connectivity index is 1.50. The van der Waals surface area contributed by atoms with Gasteiger partial charge in [0.15, 0.2) is 0 Å². The normalized spacial score (nSPS) is 20.2. The second-order valence-electron chi connectivity index (χ2n) is 7.06. The minimum Gasteiger partial charge on any atom is -0.479 e. The van der Waals surface area contributed by atoms with Gasteiger partial charge in [0, 0.05) is 58.4 Å². The van der Waals surface area contributed by atoms with Crippen LogP contribution in [0, 0.1) is 5.92 Å². The van der Waals surface area contributed by atoms with Gasteiger partial charge in [-0.05, 0) is 19.9 Å². The van der Waals surface area contributed by atoms with Crippen molar-refractivity contribution >= 4 is 11.8 Å². The number of amides is 2. The Labute approximate surface area is 153 Å². The Hall–Kier alpha value is -2.13. The van der Waals surface area contributed by atoms with Gasteiger partial charge in [0.25, 0.3) is 5.91 Å².